The molecule has 0 aliphatic rings. The minimum Gasteiger partial charge on any atom is -0.352 e. The maximum absolute atomic E-state index is 13.1. The summed E-state index contributed by atoms with van der Waals surface area (Å²) < 4.78 is 15.0. The second-order valence-electron chi connectivity index (χ2n) is 7.29. The van der Waals surface area contributed by atoms with Crippen molar-refractivity contribution in [1.29, 1.82) is 0 Å². The molecular weight excluding hydrogens is 365 g/mol. The van der Waals surface area contributed by atoms with E-state index in [2.05, 4.69) is 5.32 Å². The molecule has 1 amide bonds. The molecule has 4 rings (SSSR count). The number of nitrogens with one attached hydrogen (secondary N) is 1. The zero-order valence-corrected chi connectivity index (χ0v) is 16.4. The normalized spacial score (nSPS) is 11.0. The van der Waals surface area contributed by atoms with Gasteiger partial charge in [0.2, 0.25) is 5.91 Å². The second-order valence-corrected chi connectivity index (χ2v) is 7.29. The van der Waals surface area contributed by atoms with Gasteiger partial charge in [-0.1, -0.05) is 48.0 Å². The molecule has 2 aromatic carbocycles. The number of amides is 1. The van der Waals surface area contributed by atoms with E-state index in [0.717, 1.165) is 33.7 Å². The largest absolute Gasteiger partial charge is 0.352 e. The first kappa shape index (κ1) is 18.9. The van der Waals surface area contributed by atoms with E-state index in [9.17, 15) is 9.18 Å². The molecule has 0 aliphatic carbocycles. The second kappa shape index (κ2) is 7.87. The number of fused-ring (bicyclic) bond motifs is 1. The minimum atomic E-state index is -0.288. The Bertz CT molecular complexity index is 1160. The molecule has 2 aromatic heterocycles. The molecular formula is C24H22FN3O. The Labute approximate surface area is 169 Å². The molecule has 0 saturated heterocycles. The number of pyridine rings is 1. The Morgan fingerprint density at radius 2 is 1.66 bits per heavy atom. The number of aryl methyl sites for hydroxylation is 2. The fourth-order valence-corrected chi connectivity index (χ4v) is 3.33. The number of rotatable bonds is 5. The van der Waals surface area contributed by atoms with Crippen LogP contribution in [0.15, 0.2) is 66.9 Å². The number of nitrogens with zero attached hydrogens (tertiary/aromatic N) is 2. The van der Waals surface area contributed by atoms with Crippen LogP contribution in [0.4, 0.5) is 4.39 Å². The highest BCUT2D eigenvalue weighted by Crippen LogP contribution is 2.26. The van der Waals surface area contributed by atoms with Gasteiger partial charge in [-0.3, -0.25) is 4.79 Å². The van der Waals surface area contributed by atoms with Gasteiger partial charge in [-0.05, 0) is 43.2 Å². The average Bonchev–Trinajstić information content (AvgIpc) is 3.06. The molecule has 146 valence electrons. The summed E-state index contributed by atoms with van der Waals surface area (Å²) in [5, 5.41) is 2.92. The summed E-state index contributed by atoms with van der Waals surface area (Å²) in [7, 11) is 0. The molecule has 0 fully saturated rings. The third-order valence-corrected chi connectivity index (χ3v) is 4.92. The van der Waals surface area contributed by atoms with Gasteiger partial charge in [0.25, 0.3) is 0 Å². The Morgan fingerprint density at radius 3 is 2.38 bits per heavy atom. The van der Waals surface area contributed by atoms with Crippen molar-refractivity contribution in [3.63, 3.8) is 0 Å². The van der Waals surface area contributed by atoms with Gasteiger partial charge in [-0.15, -0.1) is 0 Å². The van der Waals surface area contributed by atoms with Crippen molar-refractivity contribution >= 4 is 11.6 Å². The van der Waals surface area contributed by atoms with Gasteiger partial charge in [0.15, 0.2) is 0 Å². The third-order valence-electron chi connectivity index (χ3n) is 4.92. The molecule has 0 bridgehead atoms. The van der Waals surface area contributed by atoms with Gasteiger partial charge < -0.3 is 9.72 Å². The Balaban J connectivity index is 1.63. The summed E-state index contributed by atoms with van der Waals surface area (Å²) in [5.41, 5.74) is 6.58. The lowest BCUT2D eigenvalue weighted by molar-refractivity contribution is -0.120. The van der Waals surface area contributed by atoms with E-state index >= 15 is 0 Å². The van der Waals surface area contributed by atoms with E-state index in [4.69, 9.17) is 4.98 Å². The number of carbonyl (C=O) groups is 1. The van der Waals surface area contributed by atoms with Crippen molar-refractivity contribution in [1.82, 2.24) is 14.7 Å². The summed E-state index contributed by atoms with van der Waals surface area (Å²) in [6.45, 7) is 4.42. The predicted octanol–water partition coefficient (Wildman–Crippen LogP) is 4.62. The van der Waals surface area contributed by atoms with Gasteiger partial charge >= 0.3 is 0 Å². The van der Waals surface area contributed by atoms with Crippen molar-refractivity contribution < 1.29 is 9.18 Å². The van der Waals surface area contributed by atoms with Crippen molar-refractivity contribution in [2.75, 3.05) is 0 Å². The topological polar surface area (TPSA) is 46.4 Å². The third kappa shape index (κ3) is 4.19. The van der Waals surface area contributed by atoms with Crippen LogP contribution in [-0.4, -0.2) is 15.3 Å². The van der Waals surface area contributed by atoms with Crippen LogP contribution < -0.4 is 5.32 Å². The minimum absolute atomic E-state index is 0.106. The average molecular weight is 387 g/mol. The molecule has 4 aromatic rings. The molecule has 0 unspecified atom stereocenters. The van der Waals surface area contributed by atoms with Crippen LogP contribution in [0.2, 0.25) is 0 Å². The predicted molar refractivity (Wildman–Crippen MR) is 112 cm³/mol. The molecule has 5 heteroatoms. The van der Waals surface area contributed by atoms with Crippen molar-refractivity contribution in [2.45, 2.75) is 26.8 Å². The van der Waals surface area contributed by atoms with Gasteiger partial charge in [0.1, 0.15) is 11.5 Å². The number of halogens is 1. The molecule has 0 atom stereocenters. The van der Waals surface area contributed by atoms with Crippen LogP contribution in [-0.2, 0) is 17.8 Å². The maximum atomic E-state index is 13.1. The molecule has 1 N–H and O–H groups in total. The summed E-state index contributed by atoms with van der Waals surface area (Å²) in [5.74, 6) is -0.394. The van der Waals surface area contributed by atoms with Crippen molar-refractivity contribution in [3.05, 3.63) is 95.1 Å². The van der Waals surface area contributed by atoms with Gasteiger partial charge in [0.05, 0.1) is 17.8 Å². The molecule has 0 spiro atoms. The highest BCUT2D eigenvalue weighted by molar-refractivity contribution is 5.81. The molecule has 29 heavy (non-hydrogen) atoms. The lowest BCUT2D eigenvalue weighted by Gasteiger charge is -2.08. The van der Waals surface area contributed by atoms with Crippen LogP contribution >= 0.6 is 0 Å². The fourth-order valence-electron chi connectivity index (χ4n) is 3.33. The molecule has 0 saturated carbocycles. The van der Waals surface area contributed by atoms with Gasteiger partial charge in [-0.2, -0.15) is 0 Å². The number of benzene rings is 2. The molecule has 0 radical (unpaired) electrons. The summed E-state index contributed by atoms with van der Waals surface area (Å²) in [6.07, 6.45) is 2.21. The lowest BCUT2D eigenvalue weighted by Crippen LogP contribution is -2.25. The SMILES string of the molecule is Cc1ccc(-c2nc3ccc(C)cn3c2CC(=O)NCc2ccc(F)cc2)cc1. The van der Waals surface area contributed by atoms with Gasteiger partial charge in [-0.25, -0.2) is 9.37 Å². The molecule has 2 heterocycles. The Morgan fingerprint density at radius 1 is 0.966 bits per heavy atom. The van der Waals surface area contributed by atoms with E-state index in [1.54, 1.807) is 12.1 Å². The van der Waals surface area contributed by atoms with E-state index in [1.807, 2.05) is 60.8 Å². The smallest absolute Gasteiger partial charge is 0.226 e. The van der Waals surface area contributed by atoms with E-state index in [0.29, 0.717) is 6.54 Å². The first-order valence-electron chi connectivity index (χ1n) is 9.55. The Kier molecular flexibility index (Phi) is 5.12. The standard InChI is InChI=1S/C24H22FN3O/c1-16-3-8-19(9-4-16)24-21(28-15-17(2)5-12-22(28)27-24)13-23(29)26-14-18-6-10-20(25)11-7-18/h3-12,15H,13-14H2,1-2H3,(H,26,29). The van der Waals surface area contributed by atoms with E-state index in [-0.39, 0.29) is 18.1 Å². The zero-order chi connectivity index (χ0) is 20.4. The molecule has 0 aliphatic heterocycles. The number of carbonyl (C=O) groups excluding carboxylic acids is 1. The zero-order valence-electron chi connectivity index (χ0n) is 16.4. The molecule has 4 nitrogen and oxygen atoms in total. The van der Waals surface area contributed by atoms with Crippen LogP contribution in [0, 0.1) is 19.7 Å². The van der Waals surface area contributed by atoms with Crippen LogP contribution in [0.5, 0.6) is 0 Å². The van der Waals surface area contributed by atoms with Crippen molar-refractivity contribution in [3.8, 4) is 11.3 Å². The summed E-state index contributed by atoms with van der Waals surface area (Å²) in [4.78, 5) is 17.5. The number of hydrogen-bond acceptors (Lipinski definition) is 2. The van der Waals surface area contributed by atoms with Gasteiger partial charge in [0, 0.05) is 18.3 Å². The van der Waals surface area contributed by atoms with Crippen LogP contribution in [0.1, 0.15) is 22.4 Å². The first-order chi connectivity index (χ1) is 14.0. The number of aromatic nitrogens is 2. The highest BCUT2D eigenvalue weighted by Gasteiger charge is 2.17. The summed E-state index contributed by atoms with van der Waals surface area (Å²) >= 11 is 0. The Hall–Kier alpha value is -3.47. The first-order valence-corrected chi connectivity index (χ1v) is 9.55. The number of imidazole rings is 1. The highest BCUT2D eigenvalue weighted by atomic mass is 19.1. The number of hydrogen-bond donors (Lipinski definition) is 1. The fraction of sp³-hybridized carbons (Fsp3) is 0.167. The quantitative estimate of drug-likeness (QED) is 0.543. The maximum Gasteiger partial charge on any atom is 0.226 e. The monoisotopic (exact) mass is 387 g/mol. The van der Waals surface area contributed by atoms with E-state index in [1.165, 1.54) is 17.7 Å². The van der Waals surface area contributed by atoms with Crippen LogP contribution in [0.25, 0.3) is 16.9 Å². The van der Waals surface area contributed by atoms with E-state index < -0.39 is 0 Å². The van der Waals surface area contributed by atoms with Crippen LogP contribution in [0.3, 0.4) is 0 Å². The summed E-state index contributed by atoms with van der Waals surface area (Å²) in [6, 6.07) is 18.3. The van der Waals surface area contributed by atoms with Crippen molar-refractivity contribution in [2.24, 2.45) is 0 Å². The lowest BCUT2D eigenvalue weighted by atomic mass is 10.1.